The molecule has 1 N–H and O–H groups in total. The monoisotopic (exact) mass is 378 g/mol. The van der Waals surface area contributed by atoms with Gasteiger partial charge in [-0.15, -0.1) is 11.3 Å². The molecule has 1 fully saturated rings. The van der Waals surface area contributed by atoms with Gasteiger partial charge in [0, 0.05) is 29.4 Å². The van der Waals surface area contributed by atoms with Crippen LogP contribution in [0.15, 0.2) is 60.2 Å². The summed E-state index contributed by atoms with van der Waals surface area (Å²) >= 11 is 1.46. The largest absolute Gasteiger partial charge is 0.301 e. The maximum absolute atomic E-state index is 12.6. The average molecular weight is 379 g/mol. The van der Waals surface area contributed by atoms with Gasteiger partial charge in [-0.1, -0.05) is 42.8 Å². The van der Waals surface area contributed by atoms with Crippen molar-refractivity contribution in [1.82, 2.24) is 14.9 Å². The van der Waals surface area contributed by atoms with Crippen molar-refractivity contribution in [2.75, 3.05) is 18.4 Å². The van der Waals surface area contributed by atoms with E-state index in [1.165, 1.54) is 23.3 Å². The number of nitrogens with one attached hydrogen (secondary N) is 1. The highest BCUT2D eigenvalue weighted by molar-refractivity contribution is 7.14. The molecule has 0 aliphatic carbocycles. The van der Waals surface area contributed by atoms with E-state index in [-0.39, 0.29) is 11.9 Å². The quantitative estimate of drug-likeness (QED) is 0.716. The van der Waals surface area contributed by atoms with Crippen molar-refractivity contribution in [3.63, 3.8) is 0 Å². The first kappa shape index (κ1) is 17.8. The molecule has 1 amide bonds. The second kappa shape index (κ2) is 8.41. The summed E-state index contributed by atoms with van der Waals surface area (Å²) in [6.07, 6.45) is 7.07. The molecule has 0 radical (unpaired) electrons. The van der Waals surface area contributed by atoms with Crippen LogP contribution in [0.5, 0.6) is 0 Å². The molecule has 0 spiro atoms. The first-order chi connectivity index (χ1) is 13.3. The van der Waals surface area contributed by atoms with Crippen LogP contribution in [-0.4, -0.2) is 33.9 Å². The highest BCUT2D eigenvalue weighted by Crippen LogP contribution is 2.30. The molecule has 138 valence electrons. The summed E-state index contributed by atoms with van der Waals surface area (Å²) < 4.78 is 0. The molecule has 2 aromatic heterocycles. The summed E-state index contributed by atoms with van der Waals surface area (Å²) in [5, 5.41) is 5.59. The second-order valence-corrected chi connectivity index (χ2v) is 7.58. The number of carbonyl (C=O) groups is 1. The van der Waals surface area contributed by atoms with E-state index < -0.39 is 0 Å². The van der Waals surface area contributed by atoms with Crippen LogP contribution in [0.4, 0.5) is 5.13 Å². The maximum Gasteiger partial charge on any atom is 0.240 e. The molecule has 1 atom stereocenters. The van der Waals surface area contributed by atoms with Gasteiger partial charge in [-0.05, 0) is 31.0 Å². The van der Waals surface area contributed by atoms with Gasteiger partial charge in [-0.25, -0.2) is 4.98 Å². The van der Waals surface area contributed by atoms with Gasteiger partial charge in [0.05, 0.1) is 12.2 Å². The van der Waals surface area contributed by atoms with Crippen LogP contribution in [0.1, 0.15) is 30.9 Å². The second-order valence-electron chi connectivity index (χ2n) is 6.72. The van der Waals surface area contributed by atoms with Crippen LogP contribution < -0.4 is 5.32 Å². The number of aromatic nitrogens is 2. The van der Waals surface area contributed by atoms with Crippen LogP contribution in [0, 0.1) is 0 Å². The summed E-state index contributed by atoms with van der Waals surface area (Å²) in [6.45, 7) is 1.31. The van der Waals surface area contributed by atoms with Crippen LogP contribution >= 0.6 is 11.3 Å². The van der Waals surface area contributed by atoms with Crippen LogP contribution in [0.25, 0.3) is 11.3 Å². The number of anilines is 1. The lowest BCUT2D eigenvalue weighted by Crippen LogP contribution is -2.39. The summed E-state index contributed by atoms with van der Waals surface area (Å²) in [6, 6.07) is 14.3. The fourth-order valence-electron chi connectivity index (χ4n) is 3.55. The smallest absolute Gasteiger partial charge is 0.240 e. The molecule has 0 bridgehead atoms. The zero-order valence-corrected chi connectivity index (χ0v) is 15.9. The Morgan fingerprint density at radius 1 is 1.19 bits per heavy atom. The van der Waals surface area contributed by atoms with Crippen molar-refractivity contribution >= 4 is 22.4 Å². The Morgan fingerprint density at radius 2 is 2.07 bits per heavy atom. The standard InChI is InChI=1S/C21H22N4OS/c26-20(24-21-23-18(15-27-21)16-7-2-1-3-8-16)14-25-12-5-4-10-19(25)17-9-6-11-22-13-17/h1-3,6-9,11,13,15,19H,4-5,10,12,14H2,(H,23,24,26). The van der Waals surface area contributed by atoms with E-state index in [0.717, 1.165) is 30.6 Å². The SMILES string of the molecule is O=C(CN1CCCCC1c1cccnc1)Nc1nc(-c2ccccc2)cs1. The number of likely N-dealkylation sites (tertiary alicyclic amines) is 1. The molecule has 1 aliphatic heterocycles. The Labute approximate surface area is 163 Å². The van der Waals surface area contributed by atoms with Crippen molar-refractivity contribution in [2.45, 2.75) is 25.3 Å². The average Bonchev–Trinajstić information content (AvgIpc) is 3.18. The molecule has 27 heavy (non-hydrogen) atoms. The third kappa shape index (κ3) is 4.40. The number of hydrogen-bond donors (Lipinski definition) is 1. The first-order valence-electron chi connectivity index (χ1n) is 9.24. The molecule has 4 rings (SSSR count). The summed E-state index contributed by atoms with van der Waals surface area (Å²) in [5.41, 5.74) is 3.13. The van der Waals surface area contributed by atoms with Crippen molar-refractivity contribution in [2.24, 2.45) is 0 Å². The lowest BCUT2D eigenvalue weighted by atomic mass is 9.96. The van der Waals surface area contributed by atoms with Gasteiger partial charge < -0.3 is 5.32 Å². The number of pyridine rings is 1. The Hall–Kier alpha value is -2.57. The van der Waals surface area contributed by atoms with E-state index in [1.54, 1.807) is 6.20 Å². The molecule has 1 unspecified atom stereocenters. The number of benzene rings is 1. The number of carbonyl (C=O) groups excluding carboxylic acids is 1. The van der Waals surface area contributed by atoms with Gasteiger partial charge in [0.25, 0.3) is 0 Å². The molecule has 0 saturated carbocycles. The molecular formula is C21H22N4OS. The molecule has 1 aliphatic rings. The zero-order valence-electron chi connectivity index (χ0n) is 15.0. The van der Waals surface area contributed by atoms with Crippen LogP contribution in [-0.2, 0) is 4.79 Å². The normalized spacial score (nSPS) is 17.6. The Bertz CT molecular complexity index is 881. The van der Waals surface area contributed by atoms with E-state index in [0.29, 0.717) is 11.7 Å². The third-order valence-corrected chi connectivity index (χ3v) is 5.61. The molecule has 1 saturated heterocycles. The highest BCUT2D eigenvalue weighted by Gasteiger charge is 2.26. The minimum absolute atomic E-state index is 0.0141. The van der Waals surface area contributed by atoms with Gasteiger partial charge in [0.1, 0.15) is 0 Å². The van der Waals surface area contributed by atoms with Gasteiger partial charge in [-0.3, -0.25) is 14.7 Å². The van der Waals surface area contributed by atoms with E-state index in [2.05, 4.69) is 26.3 Å². The molecule has 3 heterocycles. The summed E-state index contributed by atoms with van der Waals surface area (Å²) in [7, 11) is 0. The van der Waals surface area contributed by atoms with Gasteiger partial charge in [0.2, 0.25) is 5.91 Å². The van der Waals surface area contributed by atoms with E-state index >= 15 is 0 Å². The van der Waals surface area contributed by atoms with Crippen LogP contribution in [0.3, 0.4) is 0 Å². The number of thiazole rings is 1. The summed E-state index contributed by atoms with van der Waals surface area (Å²) in [4.78, 5) is 23.6. The Balaban J connectivity index is 1.40. The number of hydrogen-bond acceptors (Lipinski definition) is 5. The Kier molecular flexibility index (Phi) is 5.55. The van der Waals surface area contributed by atoms with Crippen molar-refractivity contribution in [3.8, 4) is 11.3 Å². The number of piperidine rings is 1. The van der Waals surface area contributed by atoms with Crippen molar-refractivity contribution in [1.29, 1.82) is 0 Å². The minimum atomic E-state index is -0.0141. The topological polar surface area (TPSA) is 58.1 Å². The first-order valence-corrected chi connectivity index (χ1v) is 10.1. The highest BCUT2D eigenvalue weighted by atomic mass is 32.1. The predicted molar refractivity (Wildman–Crippen MR) is 109 cm³/mol. The number of amides is 1. The summed E-state index contributed by atoms with van der Waals surface area (Å²) in [5.74, 6) is -0.0141. The minimum Gasteiger partial charge on any atom is -0.301 e. The number of nitrogens with zero attached hydrogens (tertiary/aromatic N) is 3. The lowest BCUT2D eigenvalue weighted by molar-refractivity contribution is -0.118. The van der Waals surface area contributed by atoms with Crippen molar-refractivity contribution < 1.29 is 4.79 Å². The molecule has 6 heteroatoms. The molecule has 1 aromatic carbocycles. The molecular weight excluding hydrogens is 356 g/mol. The van der Waals surface area contributed by atoms with Gasteiger partial charge in [-0.2, -0.15) is 0 Å². The van der Waals surface area contributed by atoms with E-state index in [4.69, 9.17) is 0 Å². The van der Waals surface area contributed by atoms with Gasteiger partial charge in [0.15, 0.2) is 5.13 Å². The van der Waals surface area contributed by atoms with Crippen LogP contribution in [0.2, 0.25) is 0 Å². The van der Waals surface area contributed by atoms with Gasteiger partial charge >= 0.3 is 0 Å². The molecule has 3 aromatic rings. The maximum atomic E-state index is 12.6. The van der Waals surface area contributed by atoms with Crippen molar-refractivity contribution in [3.05, 3.63) is 65.8 Å². The number of rotatable bonds is 5. The van der Waals surface area contributed by atoms with E-state index in [9.17, 15) is 4.79 Å². The third-order valence-electron chi connectivity index (χ3n) is 4.85. The fraction of sp³-hybridized carbons (Fsp3) is 0.286. The fourth-order valence-corrected chi connectivity index (χ4v) is 4.28. The predicted octanol–water partition coefficient (Wildman–Crippen LogP) is 4.37. The lowest BCUT2D eigenvalue weighted by Gasteiger charge is -2.35. The molecule has 5 nitrogen and oxygen atoms in total. The van der Waals surface area contributed by atoms with E-state index in [1.807, 2.05) is 48.0 Å². The Morgan fingerprint density at radius 3 is 2.89 bits per heavy atom. The zero-order chi connectivity index (χ0) is 18.5.